The molecule has 1 aromatic heterocycles. The van der Waals surface area contributed by atoms with Crippen LogP contribution in [0.15, 0.2) is 93.0 Å². The third-order valence-corrected chi connectivity index (χ3v) is 6.60. The molecule has 0 saturated carbocycles. The van der Waals surface area contributed by atoms with Crippen molar-refractivity contribution in [2.24, 2.45) is 0 Å². The van der Waals surface area contributed by atoms with Crippen LogP contribution in [-0.2, 0) is 4.79 Å². The van der Waals surface area contributed by atoms with Gasteiger partial charge in [0.05, 0.1) is 11.6 Å². The fraction of sp³-hybridized carbons (Fsp3) is 0.111. The first-order valence-corrected chi connectivity index (χ1v) is 11.3. The summed E-state index contributed by atoms with van der Waals surface area (Å²) in [5.41, 5.74) is 3.84. The number of carbonyl (C=O) groups excluding carboxylic acids is 2. The Morgan fingerprint density at radius 3 is 2.52 bits per heavy atom. The quantitative estimate of drug-likeness (QED) is 0.320. The Labute approximate surface area is 199 Å². The number of aliphatic hydroxyl groups excluding tert-OH is 1. The molecule has 5 nitrogen and oxygen atoms in total. The molecule has 0 radical (unpaired) electrons. The van der Waals surface area contributed by atoms with Crippen molar-refractivity contribution in [3.63, 3.8) is 0 Å². The third kappa shape index (κ3) is 3.47. The normalized spacial score (nSPS) is 16.2. The summed E-state index contributed by atoms with van der Waals surface area (Å²) in [6.07, 6.45) is 0. The fourth-order valence-electron chi connectivity index (χ4n) is 4.29. The second kappa shape index (κ2) is 8.05. The zero-order chi connectivity index (χ0) is 23.3. The first-order chi connectivity index (χ1) is 15.9. The molecule has 1 amide bonds. The number of anilines is 1. The van der Waals surface area contributed by atoms with Crippen molar-refractivity contribution in [3.05, 3.63) is 111 Å². The summed E-state index contributed by atoms with van der Waals surface area (Å²) < 4.78 is 6.66. The van der Waals surface area contributed by atoms with Crippen molar-refractivity contribution < 1.29 is 19.1 Å². The summed E-state index contributed by atoms with van der Waals surface area (Å²) in [4.78, 5) is 28.5. The van der Waals surface area contributed by atoms with Gasteiger partial charge in [0, 0.05) is 15.5 Å². The molecule has 1 N–H and O–H groups in total. The van der Waals surface area contributed by atoms with Crippen LogP contribution >= 0.6 is 15.9 Å². The van der Waals surface area contributed by atoms with Gasteiger partial charge in [-0.15, -0.1) is 0 Å². The Morgan fingerprint density at radius 2 is 1.76 bits per heavy atom. The number of fused-ring (bicyclic) bond motifs is 1. The van der Waals surface area contributed by atoms with Crippen LogP contribution in [0.5, 0.6) is 0 Å². The molecule has 0 bridgehead atoms. The number of Topliss-reactive ketones (excluding diaryl/α,β-unsaturated/α-hetero) is 1. The number of benzene rings is 3. The van der Waals surface area contributed by atoms with E-state index >= 15 is 0 Å². The number of hydrogen-bond donors (Lipinski definition) is 1. The van der Waals surface area contributed by atoms with Gasteiger partial charge in [0.1, 0.15) is 5.58 Å². The first kappa shape index (κ1) is 21.2. The summed E-state index contributed by atoms with van der Waals surface area (Å²) in [5, 5.41) is 11.7. The maximum absolute atomic E-state index is 13.7. The van der Waals surface area contributed by atoms with Crippen LogP contribution < -0.4 is 4.90 Å². The molecule has 0 saturated heterocycles. The fourth-order valence-corrected chi connectivity index (χ4v) is 4.67. The van der Waals surface area contributed by atoms with Gasteiger partial charge < -0.3 is 9.52 Å². The predicted molar refractivity (Wildman–Crippen MR) is 130 cm³/mol. The van der Waals surface area contributed by atoms with E-state index in [1.54, 1.807) is 12.1 Å². The van der Waals surface area contributed by atoms with Crippen LogP contribution in [0.4, 0.5) is 5.69 Å². The average molecular weight is 502 g/mol. The SMILES string of the molecule is Cc1cccc(N2C(=O)C(O)=C(C(=O)c3cc4cc(Br)ccc4o3)C2c2ccccc2)c1C. The van der Waals surface area contributed by atoms with Crippen LogP contribution in [0, 0.1) is 13.8 Å². The number of aryl methyl sites for hydroxylation is 1. The van der Waals surface area contributed by atoms with Crippen molar-refractivity contribution in [1.29, 1.82) is 0 Å². The summed E-state index contributed by atoms with van der Waals surface area (Å²) in [6.45, 7) is 3.89. The molecule has 2 heterocycles. The lowest BCUT2D eigenvalue weighted by atomic mass is 9.94. The second-order valence-electron chi connectivity index (χ2n) is 8.09. The second-order valence-corrected chi connectivity index (χ2v) is 9.01. The minimum atomic E-state index is -0.786. The topological polar surface area (TPSA) is 70.8 Å². The molecule has 1 unspecified atom stereocenters. The maximum atomic E-state index is 13.7. The molecule has 5 rings (SSSR count). The minimum absolute atomic E-state index is 0.00484. The zero-order valence-electron chi connectivity index (χ0n) is 18.0. The van der Waals surface area contributed by atoms with E-state index in [1.807, 2.05) is 74.5 Å². The van der Waals surface area contributed by atoms with E-state index < -0.39 is 23.5 Å². The largest absolute Gasteiger partial charge is 0.503 e. The number of carbonyl (C=O) groups is 2. The maximum Gasteiger partial charge on any atom is 0.294 e. The highest BCUT2D eigenvalue weighted by atomic mass is 79.9. The molecule has 33 heavy (non-hydrogen) atoms. The van der Waals surface area contributed by atoms with Crippen molar-refractivity contribution >= 4 is 44.3 Å². The Balaban J connectivity index is 1.68. The highest BCUT2D eigenvalue weighted by Crippen LogP contribution is 2.43. The molecule has 0 spiro atoms. The van der Waals surface area contributed by atoms with Crippen LogP contribution in [0.3, 0.4) is 0 Å². The lowest BCUT2D eigenvalue weighted by Gasteiger charge is -2.28. The van der Waals surface area contributed by atoms with Gasteiger partial charge in [0.25, 0.3) is 5.91 Å². The number of nitrogens with zero attached hydrogens (tertiary/aromatic N) is 1. The molecule has 0 fully saturated rings. The smallest absolute Gasteiger partial charge is 0.294 e. The van der Waals surface area contributed by atoms with Gasteiger partial charge in [-0.05, 0) is 60.9 Å². The van der Waals surface area contributed by atoms with Gasteiger partial charge in [-0.25, -0.2) is 0 Å². The molecule has 1 atom stereocenters. The molecule has 4 aromatic rings. The summed E-state index contributed by atoms with van der Waals surface area (Å²) >= 11 is 3.42. The summed E-state index contributed by atoms with van der Waals surface area (Å²) in [6, 6.07) is 21.2. The van der Waals surface area contributed by atoms with E-state index in [9.17, 15) is 14.7 Å². The van der Waals surface area contributed by atoms with Gasteiger partial charge in [0.2, 0.25) is 5.78 Å². The summed E-state index contributed by atoms with van der Waals surface area (Å²) in [7, 11) is 0. The Morgan fingerprint density at radius 1 is 1.00 bits per heavy atom. The van der Waals surface area contributed by atoms with Gasteiger partial charge in [-0.1, -0.05) is 58.4 Å². The van der Waals surface area contributed by atoms with E-state index in [0.29, 0.717) is 11.3 Å². The van der Waals surface area contributed by atoms with Crippen molar-refractivity contribution in [2.45, 2.75) is 19.9 Å². The molecular weight excluding hydrogens is 482 g/mol. The van der Waals surface area contributed by atoms with Gasteiger partial charge >= 0.3 is 0 Å². The number of ketones is 1. The number of furan rings is 1. The molecular formula is C27H20BrNO4. The van der Waals surface area contributed by atoms with Crippen LogP contribution in [-0.4, -0.2) is 16.8 Å². The zero-order valence-corrected chi connectivity index (χ0v) is 19.6. The minimum Gasteiger partial charge on any atom is -0.503 e. The number of aliphatic hydroxyl groups is 1. The highest BCUT2D eigenvalue weighted by molar-refractivity contribution is 9.10. The molecule has 164 valence electrons. The van der Waals surface area contributed by atoms with Crippen LogP contribution in [0.2, 0.25) is 0 Å². The van der Waals surface area contributed by atoms with E-state index in [4.69, 9.17) is 4.42 Å². The lowest BCUT2D eigenvalue weighted by Crippen LogP contribution is -2.31. The number of halogens is 1. The van der Waals surface area contributed by atoms with E-state index in [1.165, 1.54) is 4.90 Å². The predicted octanol–water partition coefficient (Wildman–Crippen LogP) is 6.60. The third-order valence-electron chi connectivity index (χ3n) is 6.11. The number of amides is 1. The van der Waals surface area contributed by atoms with Gasteiger partial charge in [0.15, 0.2) is 11.5 Å². The lowest BCUT2D eigenvalue weighted by molar-refractivity contribution is -0.117. The summed E-state index contributed by atoms with van der Waals surface area (Å²) in [5.74, 6) is -1.62. The molecule has 1 aliphatic heterocycles. The number of hydrogen-bond acceptors (Lipinski definition) is 4. The molecule has 6 heteroatoms. The highest BCUT2D eigenvalue weighted by Gasteiger charge is 2.45. The van der Waals surface area contributed by atoms with Crippen molar-refractivity contribution in [3.8, 4) is 0 Å². The molecule has 1 aliphatic rings. The van der Waals surface area contributed by atoms with Crippen molar-refractivity contribution in [2.75, 3.05) is 4.90 Å². The molecule has 3 aromatic carbocycles. The van der Waals surface area contributed by atoms with Crippen LogP contribution in [0.25, 0.3) is 11.0 Å². The molecule has 0 aliphatic carbocycles. The monoisotopic (exact) mass is 501 g/mol. The van der Waals surface area contributed by atoms with E-state index in [2.05, 4.69) is 15.9 Å². The van der Waals surface area contributed by atoms with Gasteiger partial charge in [-0.2, -0.15) is 0 Å². The van der Waals surface area contributed by atoms with Crippen molar-refractivity contribution in [1.82, 2.24) is 0 Å². The average Bonchev–Trinajstić information content (AvgIpc) is 3.34. The van der Waals surface area contributed by atoms with E-state index in [0.717, 1.165) is 26.5 Å². The van der Waals surface area contributed by atoms with Crippen LogP contribution in [0.1, 0.15) is 33.3 Å². The first-order valence-electron chi connectivity index (χ1n) is 10.5. The Kier molecular flexibility index (Phi) is 5.17. The van der Waals surface area contributed by atoms with Gasteiger partial charge in [-0.3, -0.25) is 14.5 Å². The standard InChI is InChI=1S/C27H20BrNO4/c1-15-7-6-10-20(16(15)2)29-24(17-8-4-3-5-9-17)23(26(31)27(29)32)25(30)22-14-18-13-19(28)11-12-21(18)33-22/h3-14,24,31H,1-2H3. The Bertz CT molecular complexity index is 1450. The Hall–Kier alpha value is -3.64. The number of rotatable bonds is 4. The van der Waals surface area contributed by atoms with E-state index in [-0.39, 0.29) is 11.3 Å².